The van der Waals surface area contributed by atoms with Crippen LogP contribution in [0.15, 0.2) is 77.7 Å². The first kappa shape index (κ1) is 27.6. The molecule has 7 nitrogen and oxygen atoms in total. The summed E-state index contributed by atoms with van der Waals surface area (Å²) in [7, 11) is -4.62. The summed E-state index contributed by atoms with van der Waals surface area (Å²) in [4.78, 5) is 13.9. The van der Waals surface area contributed by atoms with Gasteiger partial charge in [0.25, 0.3) is 7.37 Å². The molecule has 0 N–H and O–H groups in total. The molecule has 38 heavy (non-hydrogen) atoms. The smallest absolute Gasteiger partial charge is 0.356 e. The van der Waals surface area contributed by atoms with E-state index < -0.39 is 24.3 Å². The van der Waals surface area contributed by atoms with Crippen LogP contribution < -0.4 is 10.6 Å². The Morgan fingerprint density at radius 2 is 1.89 bits per heavy atom. The average Bonchev–Trinajstić information content (AvgIpc) is 3.26. The molecule has 1 aromatic heterocycles. The molecule has 4 aromatic rings. The standard InChI is InChI=1S/C28H24ClN2O5PS/c1-4-36-28(32)26-27(37(33,35-3)22-16-19(2)15-20(17-22)9-8-14-30)24-18-21(29)12-13-25(24)31(26)38(34)23-10-6-5-7-11-23/h5-13,15-18H,4H2,1-3H3/b9-8+. The van der Waals surface area contributed by atoms with Crippen molar-refractivity contribution in [2.24, 2.45) is 0 Å². The maximum absolute atomic E-state index is 14.9. The number of aryl methyl sites for hydroxylation is 1. The number of benzene rings is 3. The summed E-state index contributed by atoms with van der Waals surface area (Å²) < 4.78 is 41.3. The van der Waals surface area contributed by atoms with Gasteiger partial charge in [0.15, 0.2) is 16.7 Å². The van der Waals surface area contributed by atoms with Crippen LogP contribution in [0.1, 0.15) is 28.5 Å². The van der Waals surface area contributed by atoms with Gasteiger partial charge in [-0.3, -0.25) is 4.57 Å². The van der Waals surface area contributed by atoms with Gasteiger partial charge < -0.3 is 9.26 Å². The van der Waals surface area contributed by atoms with Gasteiger partial charge in [0.1, 0.15) is 0 Å². The summed E-state index contributed by atoms with van der Waals surface area (Å²) in [5.41, 5.74) is 1.63. The van der Waals surface area contributed by atoms with E-state index in [2.05, 4.69) is 0 Å². The number of nitriles is 1. The largest absolute Gasteiger partial charge is 0.461 e. The van der Waals surface area contributed by atoms with Crippen LogP contribution in [0.3, 0.4) is 0 Å². The van der Waals surface area contributed by atoms with E-state index in [0.717, 1.165) is 5.56 Å². The second-order valence-electron chi connectivity index (χ2n) is 8.23. The Kier molecular flexibility index (Phi) is 8.35. The van der Waals surface area contributed by atoms with Crippen LogP contribution in [0.5, 0.6) is 0 Å². The van der Waals surface area contributed by atoms with Gasteiger partial charge in [-0.15, -0.1) is 0 Å². The van der Waals surface area contributed by atoms with Gasteiger partial charge >= 0.3 is 5.97 Å². The molecule has 0 spiro atoms. The van der Waals surface area contributed by atoms with Crippen molar-refractivity contribution in [3.05, 3.63) is 94.6 Å². The number of carbonyl (C=O) groups excluding carboxylic acids is 1. The highest BCUT2D eigenvalue weighted by molar-refractivity contribution is 7.84. The van der Waals surface area contributed by atoms with E-state index in [4.69, 9.17) is 26.1 Å². The molecule has 0 aliphatic heterocycles. The maximum atomic E-state index is 14.9. The third-order valence-corrected chi connectivity index (χ3v) is 9.88. The number of rotatable bonds is 8. The van der Waals surface area contributed by atoms with Crippen molar-refractivity contribution >= 4 is 63.5 Å². The number of allylic oxidation sites excluding steroid dienone is 1. The minimum absolute atomic E-state index is 0.0426. The molecule has 194 valence electrons. The monoisotopic (exact) mass is 566 g/mol. The fraction of sp³-hybridized carbons (Fsp3) is 0.143. The van der Waals surface area contributed by atoms with Crippen molar-refractivity contribution in [1.82, 2.24) is 3.97 Å². The first-order valence-corrected chi connectivity index (χ1v) is 14.7. The molecule has 4 rings (SSSR count). The summed E-state index contributed by atoms with van der Waals surface area (Å²) in [5.74, 6) is -0.798. The van der Waals surface area contributed by atoms with Crippen molar-refractivity contribution in [2.75, 3.05) is 13.7 Å². The molecule has 1 heterocycles. The van der Waals surface area contributed by atoms with Gasteiger partial charge in [-0.2, -0.15) is 5.26 Å². The Morgan fingerprint density at radius 1 is 1.16 bits per heavy atom. The third-order valence-electron chi connectivity index (χ3n) is 5.77. The van der Waals surface area contributed by atoms with Crippen LogP contribution in [0.2, 0.25) is 5.02 Å². The van der Waals surface area contributed by atoms with Gasteiger partial charge in [0.05, 0.1) is 28.4 Å². The number of fused-ring (bicyclic) bond motifs is 1. The van der Waals surface area contributed by atoms with Crippen molar-refractivity contribution in [1.29, 1.82) is 5.26 Å². The van der Waals surface area contributed by atoms with E-state index in [-0.39, 0.29) is 17.6 Å². The number of aromatic nitrogens is 1. The lowest BCUT2D eigenvalue weighted by Crippen LogP contribution is -2.26. The zero-order chi connectivity index (χ0) is 27.4. The normalized spacial score (nSPS) is 13.8. The molecule has 3 aromatic carbocycles. The van der Waals surface area contributed by atoms with Crippen LogP contribution >= 0.6 is 19.0 Å². The van der Waals surface area contributed by atoms with Crippen molar-refractivity contribution in [2.45, 2.75) is 18.7 Å². The average molecular weight is 567 g/mol. The first-order valence-electron chi connectivity index (χ1n) is 11.6. The second-order valence-corrected chi connectivity index (χ2v) is 12.4. The number of nitrogens with zero attached hydrogens (tertiary/aromatic N) is 2. The van der Waals surface area contributed by atoms with Crippen LogP contribution in [-0.2, 0) is 24.8 Å². The van der Waals surface area contributed by atoms with E-state index in [1.807, 2.05) is 19.1 Å². The lowest BCUT2D eigenvalue weighted by Gasteiger charge is -2.19. The van der Waals surface area contributed by atoms with Crippen LogP contribution in [0.25, 0.3) is 17.0 Å². The zero-order valence-corrected chi connectivity index (χ0v) is 23.3. The molecule has 0 bridgehead atoms. The summed E-state index contributed by atoms with van der Waals surface area (Å²) in [5, 5.41) is 10.0. The van der Waals surface area contributed by atoms with E-state index in [9.17, 15) is 13.6 Å². The van der Waals surface area contributed by atoms with Gasteiger partial charge in [0, 0.05) is 28.9 Å². The molecule has 2 unspecified atom stereocenters. The van der Waals surface area contributed by atoms with Crippen molar-refractivity contribution in [3.8, 4) is 6.07 Å². The molecule has 0 aliphatic rings. The van der Waals surface area contributed by atoms with E-state index in [1.54, 1.807) is 73.7 Å². The summed E-state index contributed by atoms with van der Waals surface area (Å²) in [6.45, 7) is 3.52. The Morgan fingerprint density at radius 3 is 2.55 bits per heavy atom. The molecule has 0 amide bonds. The highest BCUT2D eigenvalue weighted by Gasteiger charge is 2.40. The van der Waals surface area contributed by atoms with Crippen molar-refractivity contribution in [3.63, 3.8) is 0 Å². The first-order chi connectivity index (χ1) is 18.2. The minimum Gasteiger partial charge on any atom is -0.461 e. The van der Waals surface area contributed by atoms with Crippen LogP contribution in [-0.4, -0.2) is 27.9 Å². The fourth-order valence-corrected chi connectivity index (χ4v) is 8.05. The zero-order valence-electron chi connectivity index (χ0n) is 20.9. The molecular weight excluding hydrogens is 543 g/mol. The fourth-order valence-electron chi connectivity index (χ4n) is 4.23. The predicted octanol–water partition coefficient (Wildman–Crippen LogP) is 5.76. The van der Waals surface area contributed by atoms with E-state index in [0.29, 0.717) is 31.7 Å². The van der Waals surface area contributed by atoms with Gasteiger partial charge in [-0.1, -0.05) is 35.9 Å². The SMILES string of the molecule is CCOC(=O)c1c(P(=O)(OC)c2cc(C)cc(/C=C/C#N)c2)c2cc(Cl)ccc2n1S(=O)c1ccccc1. The number of ether oxygens (including phenoxy) is 1. The lowest BCUT2D eigenvalue weighted by molar-refractivity contribution is 0.0520. The van der Waals surface area contributed by atoms with E-state index >= 15 is 0 Å². The topological polar surface area (TPSA) is 98.4 Å². The maximum Gasteiger partial charge on any atom is 0.356 e. The third kappa shape index (κ3) is 5.11. The molecule has 0 saturated carbocycles. The van der Waals surface area contributed by atoms with Gasteiger partial charge in [-0.05, 0) is 73.5 Å². The van der Waals surface area contributed by atoms with Gasteiger partial charge in [-0.25, -0.2) is 13.0 Å². The Bertz CT molecular complexity index is 1670. The highest BCUT2D eigenvalue weighted by Crippen LogP contribution is 2.48. The molecule has 0 saturated heterocycles. The Hall–Kier alpha value is -3.47. The van der Waals surface area contributed by atoms with E-state index in [1.165, 1.54) is 17.2 Å². The van der Waals surface area contributed by atoms with Crippen molar-refractivity contribution < 1.29 is 22.8 Å². The minimum atomic E-state index is -4.01. The highest BCUT2D eigenvalue weighted by atomic mass is 35.5. The quantitative estimate of drug-likeness (QED) is 0.153. The molecule has 0 fully saturated rings. The number of esters is 1. The number of carbonyl (C=O) groups is 1. The second kappa shape index (κ2) is 11.5. The lowest BCUT2D eigenvalue weighted by atomic mass is 10.1. The molecule has 10 heteroatoms. The Labute approximate surface area is 228 Å². The molecule has 0 aliphatic carbocycles. The summed E-state index contributed by atoms with van der Waals surface area (Å²) in [6, 6.07) is 20.6. The summed E-state index contributed by atoms with van der Waals surface area (Å²) in [6.07, 6.45) is 2.91. The van der Waals surface area contributed by atoms with Gasteiger partial charge in [0.2, 0.25) is 0 Å². The van der Waals surface area contributed by atoms with Crippen LogP contribution in [0, 0.1) is 18.3 Å². The number of hydrogen-bond acceptors (Lipinski definition) is 6. The van der Waals surface area contributed by atoms with Crippen LogP contribution in [0.4, 0.5) is 0 Å². The number of hydrogen-bond donors (Lipinski definition) is 0. The molecule has 2 atom stereocenters. The molecule has 0 radical (unpaired) electrons. The Balaban J connectivity index is 2.14. The summed E-state index contributed by atoms with van der Waals surface area (Å²) >= 11 is 6.36. The number of halogens is 1. The molecular formula is C28H24ClN2O5PS. The predicted molar refractivity (Wildman–Crippen MR) is 151 cm³/mol.